The minimum absolute atomic E-state index is 0.0347. The second-order valence-corrected chi connectivity index (χ2v) is 5.82. The first-order valence-electron chi connectivity index (χ1n) is 7.88. The van der Waals surface area contributed by atoms with Crippen LogP contribution in [0.5, 0.6) is 0 Å². The van der Waals surface area contributed by atoms with Crippen LogP contribution in [0.15, 0.2) is 42.5 Å². The summed E-state index contributed by atoms with van der Waals surface area (Å²) in [5.41, 5.74) is -0.183. The first kappa shape index (κ1) is 20.6. The SMILES string of the molecule is CCOC(=O)c1cccc(NC(=S)NCc2ccc(C(F)(F)F)cc2F)c1. The fourth-order valence-electron chi connectivity index (χ4n) is 2.16. The van der Waals surface area contributed by atoms with Gasteiger partial charge in [-0.05, 0) is 49.5 Å². The second kappa shape index (κ2) is 8.81. The molecule has 27 heavy (non-hydrogen) atoms. The molecular weight excluding hydrogens is 384 g/mol. The molecule has 0 radical (unpaired) electrons. The lowest BCUT2D eigenvalue weighted by Crippen LogP contribution is -2.28. The summed E-state index contributed by atoms with van der Waals surface area (Å²) in [6.45, 7) is 1.84. The van der Waals surface area contributed by atoms with E-state index < -0.39 is 23.5 Å². The van der Waals surface area contributed by atoms with Gasteiger partial charge in [-0.3, -0.25) is 0 Å². The fourth-order valence-corrected chi connectivity index (χ4v) is 2.35. The number of nitrogens with one attached hydrogen (secondary N) is 2. The highest BCUT2D eigenvalue weighted by atomic mass is 32.1. The monoisotopic (exact) mass is 400 g/mol. The molecule has 0 aliphatic rings. The number of ether oxygens (including phenoxy) is 1. The van der Waals surface area contributed by atoms with Crippen molar-refractivity contribution >= 4 is 29.0 Å². The summed E-state index contributed by atoms with van der Waals surface area (Å²) in [5.74, 6) is -1.46. The van der Waals surface area contributed by atoms with Crippen LogP contribution >= 0.6 is 12.2 Å². The van der Waals surface area contributed by atoms with Crippen LogP contribution in [-0.2, 0) is 17.5 Å². The Balaban J connectivity index is 1.97. The minimum atomic E-state index is -4.60. The van der Waals surface area contributed by atoms with Gasteiger partial charge in [-0.25, -0.2) is 9.18 Å². The summed E-state index contributed by atoms with van der Waals surface area (Å²) in [7, 11) is 0. The van der Waals surface area contributed by atoms with Gasteiger partial charge >= 0.3 is 12.1 Å². The van der Waals surface area contributed by atoms with Gasteiger partial charge in [0.15, 0.2) is 5.11 Å². The Hall–Kier alpha value is -2.68. The van der Waals surface area contributed by atoms with E-state index in [0.717, 1.165) is 12.1 Å². The van der Waals surface area contributed by atoms with Crippen molar-refractivity contribution in [2.75, 3.05) is 11.9 Å². The van der Waals surface area contributed by atoms with Gasteiger partial charge in [0.2, 0.25) is 0 Å². The van der Waals surface area contributed by atoms with Crippen molar-refractivity contribution in [2.24, 2.45) is 0 Å². The molecule has 2 N–H and O–H groups in total. The number of esters is 1. The van der Waals surface area contributed by atoms with Crippen LogP contribution in [0.3, 0.4) is 0 Å². The summed E-state index contributed by atoms with van der Waals surface area (Å²) in [4.78, 5) is 11.7. The molecule has 0 amide bonds. The number of carbonyl (C=O) groups excluding carboxylic acids is 1. The first-order valence-corrected chi connectivity index (χ1v) is 8.29. The molecule has 2 rings (SSSR count). The maximum atomic E-state index is 13.8. The van der Waals surface area contributed by atoms with Crippen LogP contribution in [0.4, 0.5) is 23.2 Å². The van der Waals surface area contributed by atoms with Gasteiger partial charge in [-0.1, -0.05) is 12.1 Å². The molecule has 0 aromatic heterocycles. The average molecular weight is 400 g/mol. The Bertz CT molecular complexity index is 840. The van der Waals surface area contributed by atoms with E-state index in [1.54, 1.807) is 25.1 Å². The first-order chi connectivity index (χ1) is 12.7. The van der Waals surface area contributed by atoms with Gasteiger partial charge in [-0.15, -0.1) is 0 Å². The lowest BCUT2D eigenvalue weighted by Gasteiger charge is -2.13. The van der Waals surface area contributed by atoms with Crippen molar-refractivity contribution in [3.63, 3.8) is 0 Å². The predicted octanol–water partition coefficient (Wildman–Crippen LogP) is 4.51. The standard InChI is InChI=1S/C18H16F4N2O2S/c1-2-26-16(25)11-4-3-5-14(8-11)24-17(27)23-10-12-6-7-13(9-15(12)19)18(20,21)22/h3-9H,2,10H2,1H3,(H2,23,24,27). The molecule has 2 aromatic rings. The number of anilines is 1. The molecule has 0 unspecified atom stereocenters. The van der Waals surface area contributed by atoms with Gasteiger partial charge in [0.25, 0.3) is 0 Å². The molecular formula is C18H16F4N2O2S. The molecule has 0 aliphatic heterocycles. The molecule has 4 nitrogen and oxygen atoms in total. The largest absolute Gasteiger partial charge is 0.462 e. The van der Waals surface area contributed by atoms with Gasteiger partial charge in [0.1, 0.15) is 5.82 Å². The highest BCUT2D eigenvalue weighted by Crippen LogP contribution is 2.30. The highest BCUT2D eigenvalue weighted by molar-refractivity contribution is 7.80. The molecule has 0 aliphatic carbocycles. The lowest BCUT2D eigenvalue weighted by atomic mass is 10.1. The Kier molecular flexibility index (Phi) is 6.73. The minimum Gasteiger partial charge on any atom is -0.462 e. The third kappa shape index (κ3) is 5.92. The number of benzene rings is 2. The summed E-state index contributed by atoms with van der Waals surface area (Å²) >= 11 is 5.08. The van der Waals surface area contributed by atoms with Crippen molar-refractivity contribution in [2.45, 2.75) is 19.6 Å². The van der Waals surface area contributed by atoms with E-state index >= 15 is 0 Å². The Labute approximate surface area is 158 Å². The van der Waals surface area contributed by atoms with E-state index in [1.807, 2.05) is 0 Å². The number of hydrogen-bond acceptors (Lipinski definition) is 3. The lowest BCUT2D eigenvalue weighted by molar-refractivity contribution is -0.137. The average Bonchev–Trinajstić information content (AvgIpc) is 2.60. The molecule has 9 heteroatoms. The smallest absolute Gasteiger partial charge is 0.416 e. The maximum absolute atomic E-state index is 13.8. The number of thiocarbonyl (C=S) groups is 1. The zero-order chi connectivity index (χ0) is 20.0. The van der Waals surface area contributed by atoms with Crippen LogP contribution in [0.25, 0.3) is 0 Å². The quantitative estimate of drug-likeness (QED) is 0.440. The van der Waals surface area contributed by atoms with Crippen LogP contribution < -0.4 is 10.6 Å². The van der Waals surface area contributed by atoms with Crippen molar-refractivity contribution in [3.8, 4) is 0 Å². The van der Waals surface area contributed by atoms with E-state index in [0.29, 0.717) is 17.3 Å². The maximum Gasteiger partial charge on any atom is 0.416 e. The zero-order valence-corrected chi connectivity index (χ0v) is 15.0. The van der Waals surface area contributed by atoms with Crippen LogP contribution in [0.2, 0.25) is 0 Å². The number of hydrogen-bond donors (Lipinski definition) is 2. The number of rotatable bonds is 5. The van der Waals surface area contributed by atoms with E-state index in [9.17, 15) is 22.4 Å². The predicted molar refractivity (Wildman–Crippen MR) is 96.9 cm³/mol. The molecule has 2 aromatic carbocycles. The number of halogens is 4. The molecule has 0 saturated heterocycles. The van der Waals surface area contributed by atoms with Crippen molar-refractivity contribution in [1.29, 1.82) is 0 Å². The van der Waals surface area contributed by atoms with Crippen molar-refractivity contribution in [3.05, 3.63) is 65.0 Å². The highest BCUT2D eigenvalue weighted by Gasteiger charge is 2.31. The van der Waals surface area contributed by atoms with E-state index in [-0.39, 0.29) is 23.8 Å². The molecule has 144 valence electrons. The Morgan fingerprint density at radius 3 is 2.56 bits per heavy atom. The third-order valence-electron chi connectivity index (χ3n) is 3.45. The summed E-state index contributed by atoms with van der Waals surface area (Å²) in [6, 6.07) is 8.70. The van der Waals surface area contributed by atoms with Gasteiger partial charge < -0.3 is 15.4 Å². The normalized spacial score (nSPS) is 11.0. The van der Waals surface area contributed by atoms with Crippen molar-refractivity contribution < 1.29 is 27.1 Å². The van der Waals surface area contributed by atoms with E-state index in [4.69, 9.17) is 17.0 Å². The number of alkyl halides is 3. The second-order valence-electron chi connectivity index (χ2n) is 5.41. The van der Waals surface area contributed by atoms with Crippen LogP contribution in [0.1, 0.15) is 28.4 Å². The fraction of sp³-hybridized carbons (Fsp3) is 0.222. The van der Waals surface area contributed by atoms with Gasteiger partial charge in [0.05, 0.1) is 17.7 Å². The molecule has 0 heterocycles. The van der Waals surface area contributed by atoms with Gasteiger partial charge in [-0.2, -0.15) is 13.2 Å². The molecule has 0 saturated carbocycles. The molecule has 0 spiro atoms. The number of carbonyl (C=O) groups is 1. The van der Waals surface area contributed by atoms with Crippen LogP contribution in [0, 0.1) is 5.82 Å². The summed E-state index contributed by atoms with van der Waals surface area (Å²) < 4.78 is 56.4. The summed E-state index contributed by atoms with van der Waals surface area (Å²) in [6.07, 6.45) is -4.60. The molecule has 0 bridgehead atoms. The van der Waals surface area contributed by atoms with Gasteiger partial charge in [0, 0.05) is 17.8 Å². The summed E-state index contributed by atoms with van der Waals surface area (Å²) in [5, 5.41) is 5.64. The van der Waals surface area contributed by atoms with E-state index in [1.165, 1.54) is 6.07 Å². The van der Waals surface area contributed by atoms with Crippen LogP contribution in [-0.4, -0.2) is 17.7 Å². The third-order valence-corrected chi connectivity index (χ3v) is 3.70. The molecule has 0 fully saturated rings. The Morgan fingerprint density at radius 2 is 1.93 bits per heavy atom. The molecule has 0 atom stereocenters. The topological polar surface area (TPSA) is 50.4 Å². The zero-order valence-electron chi connectivity index (χ0n) is 14.2. The Morgan fingerprint density at radius 1 is 1.19 bits per heavy atom. The van der Waals surface area contributed by atoms with E-state index in [2.05, 4.69) is 10.6 Å². The van der Waals surface area contributed by atoms with Crippen molar-refractivity contribution in [1.82, 2.24) is 5.32 Å².